The van der Waals surface area contributed by atoms with Gasteiger partial charge < -0.3 is 66.3 Å². The molecule has 2 aliphatic carbocycles. The summed E-state index contributed by atoms with van der Waals surface area (Å²) in [4.78, 5) is 28.2. The van der Waals surface area contributed by atoms with E-state index in [1.165, 1.54) is 0 Å². The van der Waals surface area contributed by atoms with E-state index in [9.17, 15) is 9.59 Å². The maximum atomic E-state index is 14.1. The molecule has 0 aromatic carbocycles. The minimum atomic E-state index is -0.733. The van der Waals surface area contributed by atoms with Gasteiger partial charge in [0.15, 0.2) is 12.6 Å². The summed E-state index contributed by atoms with van der Waals surface area (Å²) in [5.41, 5.74) is 0. The third-order valence-electron chi connectivity index (χ3n) is 14.7. The van der Waals surface area contributed by atoms with E-state index >= 15 is 0 Å². The Bertz CT molecular complexity index is 1300. The molecular formula is C44H72O16. The van der Waals surface area contributed by atoms with Gasteiger partial charge in [-0.1, -0.05) is 27.7 Å². The minimum Gasteiger partial charge on any atom is -0.462 e. The lowest BCUT2D eigenvalue weighted by molar-refractivity contribution is -0.309. The molecule has 7 fully saturated rings. The second kappa shape index (κ2) is 20.5. The zero-order valence-electron chi connectivity index (χ0n) is 37.3. The summed E-state index contributed by atoms with van der Waals surface area (Å²) in [5, 5.41) is 0. The molecule has 16 nitrogen and oxygen atoms in total. The Morgan fingerprint density at radius 3 is 1.13 bits per heavy atom. The molecule has 0 radical (unpaired) electrons. The zero-order valence-corrected chi connectivity index (χ0v) is 37.3. The monoisotopic (exact) mass is 856 g/mol. The van der Waals surface area contributed by atoms with Crippen molar-refractivity contribution in [2.45, 2.75) is 177 Å². The van der Waals surface area contributed by atoms with Crippen molar-refractivity contribution in [2.75, 3.05) is 55.9 Å². The molecule has 344 valence electrons. The fourth-order valence-electron chi connectivity index (χ4n) is 10.6. The molecule has 16 heteroatoms. The molecule has 22 atom stereocenters. The van der Waals surface area contributed by atoms with Crippen LogP contribution in [-0.2, 0) is 75.9 Å². The van der Waals surface area contributed by atoms with Crippen molar-refractivity contribution in [1.29, 1.82) is 0 Å². The number of methoxy groups -OCH3 is 6. The molecular weight excluding hydrogens is 784 g/mol. The number of ether oxygens (including phenoxy) is 14. The van der Waals surface area contributed by atoms with Gasteiger partial charge in [-0.25, -0.2) is 0 Å². The van der Waals surface area contributed by atoms with Gasteiger partial charge in [0.1, 0.15) is 48.8 Å². The highest BCUT2D eigenvalue weighted by Gasteiger charge is 2.52. The maximum Gasteiger partial charge on any atom is 0.308 e. The topological polar surface area (TPSA) is 163 Å². The summed E-state index contributed by atoms with van der Waals surface area (Å²) in [5.74, 6) is 0.143. The van der Waals surface area contributed by atoms with Gasteiger partial charge in [-0.3, -0.25) is 9.59 Å². The summed E-state index contributed by atoms with van der Waals surface area (Å²) < 4.78 is 86.9. The molecule has 60 heavy (non-hydrogen) atoms. The SMILES string of the molecule is COC1COC(OC2CC3CC(C4CC4C)OC(=O)CC4OC(CC(OC5OCC(OC)C(OC)C5OC)C4C)CC(C4CC4C)OC(=O)CC(O3)C2C)C(OC)C1OC. The van der Waals surface area contributed by atoms with E-state index in [-0.39, 0.29) is 110 Å². The average Bonchev–Trinajstić information content (AvgIpc) is 4.16. The Morgan fingerprint density at radius 1 is 0.450 bits per heavy atom. The van der Waals surface area contributed by atoms with E-state index in [1.54, 1.807) is 42.7 Å². The van der Waals surface area contributed by atoms with Crippen molar-refractivity contribution in [3.05, 3.63) is 0 Å². The molecule has 5 heterocycles. The van der Waals surface area contributed by atoms with Crippen molar-refractivity contribution in [3.8, 4) is 0 Å². The number of hydrogen-bond acceptors (Lipinski definition) is 16. The molecule has 0 spiro atoms. The number of hydrogen-bond donors (Lipinski definition) is 0. The van der Waals surface area contributed by atoms with E-state index in [0.717, 1.165) is 12.8 Å². The van der Waals surface area contributed by atoms with Crippen molar-refractivity contribution in [1.82, 2.24) is 0 Å². The first-order valence-electron chi connectivity index (χ1n) is 22.3. The first-order chi connectivity index (χ1) is 28.9. The van der Waals surface area contributed by atoms with Gasteiger partial charge >= 0.3 is 11.9 Å². The molecule has 0 aromatic heterocycles. The Morgan fingerprint density at radius 2 is 0.817 bits per heavy atom. The molecule has 0 N–H and O–H groups in total. The third-order valence-corrected chi connectivity index (χ3v) is 14.7. The number of esters is 2. The van der Waals surface area contributed by atoms with Crippen LogP contribution in [0.25, 0.3) is 0 Å². The summed E-state index contributed by atoms with van der Waals surface area (Å²) in [6.45, 7) is 8.99. The van der Waals surface area contributed by atoms with Gasteiger partial charge in [0, 0.05) is 80.2 Å². The van der Waals surface area contributed by atoms with Crippen LogP contribution in [0, 0.1) is 35.5 Å². The van der Waals surface area contributed by atoms with E-state index in [1.807, 2.05) is 13.8 Å². The smallest absolute Gasteiger partial charge is 0.308 e. The van der Waals surface area contributed by atoms with Gasteiger partial charge in [-0.2, -0.15) is 0 Å². The molecule has 0 amide bonds. The zero-order chi connectivity index (χ0) is 42.8. The number of carbonyl (C=O) groups is 2. The van der Waals surface area contributed by atoms with Crippen LogP contribution in [0.3, 0.4) is 0 Å². The fourth-order valence-corrected chi connectivity index (χ4v) is 10.6. The molecule has 4 bridgehead atoms. The third kappa shape index (κ3) is 10.5. The van der Waals surface area contributed by atoms with Gasteiger partial charge in [-0.15, -0.1) is 0 Å². The van der Waals surface area contributed by atoms with Gasteiger partial charge in [0.05, 0.1) is 62.7 Å². The lowest BCUT2D eigenvalue weighted by Gasteiger charge is -2.46. The quantitative estimate of drug-likeness (QED) is 0.260. The van der Waals surface area contributed by atoms with E-state index in [4.69, 9.17) is 66.3 Å². The maximum absolute atomic E-state index is 14.1. The Balaban J connectivity index is 1.13. The minimum absolute atomic E-state index is 0.0442. The lowest BCUT2D eigenvalue weighted by atomic mass is 9.85. The molecule has 22 unspecified atom stereocenters. The van der Waals surface area contributed by atoms with Crippen LogP contribution >= 0.6 is 0 Å². The Labute approximate surface area is 355 Å². The first-order valence-corrected chi connectivity index (χ1v) is 22.3. The molecule has 2 saturated carbocycles. The van der Waals surface area contributed by atoms with Crippen molar-refractivity contribution in [2.24, 2.45) is 35.5 Å². The highest BCUT2D eigenvalue weighted by molar-refractivity contribution is 5.71. The normalized spacial score (nSPS) is 49.1. The summed E-state index contributed by atoms with van der Waals surface area (Å²) >= 11 is 0. The highest BCUT2D eigenvalue weighted by atomic mass is 16.7. The Kier molecular flexibility index (Phi) is 15.9. The van der Waals surface area contributed by atoms with Crippen LogP contribution in [0.4, 0.5) is 0 Å². The summed E-state index contributed by atoms with van der Waals surface area (Å²) in [6.07, 6.45) is -3.31. The van der Waals surface area contributed by atoms with Crippen molar-refractivity contribution >= 4 is 11.9 Å². The highest BCUT2D eigenvalue weighted by Crippen LogP contribution is 2.47. The molecule has 5 saturated heterocycles. The summed E-state index contributed by atoms with van der Waals surface area (Å²) in [6, 6.07) is 0. The summed E-state index contributed by atoms with van der Waals surface area (Å²) in [7, 11) is 9.70. The fraction of sp³-hybridized carbons (Fsp3) is 0.955. The number of rotatable bonds is 12. The lowest BCUT2D eigenvalue weighted by Crippen LogP contribution is -2.58. The number of cyclic esters (lactones) is 2. The molecule has 5 aliphatic heterocycles. The van der Waals surface area contributed by atoms with Crippen LogP contribution in [0.15, 0.2) is 0 Å². The number of fused-ring (bicyclic) bond motifs is 4. The molecule has 7 rings (SSSR count). The predicted molar refractivity (Wildman–Crippen MR) is 212 cm³/mol. The van der Waals surface area contributed by atoms with Gasteiger partial charge in [0.2, 0.25) is 0 Å². The second-order valence-electron chi connectivity index (χ2n) is 18.6. The van der Waals surface area contributed by atoms with Crippen LogP contribution < -0.4 is 0 Å². The molecule has 7 aliphatic rings. The van der Waals surface area contributed by atoms with Crippen LogP contribution in [0.1, 0.15) is 79.1 Å². The molecule has 0 aromatic rings. The van der Waals surface area contributed by atoms with E-state index < -0.39 is 49.2 Å². The first kappa shape index (κ1) is 46.5. The van der Waals surface area contributed by atoms with Crippen LogP contribution in [0.2, 0.25) is 0 Å². The van der Waals surface area contributed by atoms with Crippen molar-refractivity contribution in [3.63, 3.8) is 0 Å². The second-order valence-corrected chi connectivity index (χ2v) is 18.6. The van der Waals surface area contributed by atoms with Gasteiger partial charge in [-0.05, 0) is 36.5 Å². The predicted octanol–water partition coefficient (Wildman–Crippen LogP) is 3.86. The van der Waals surface area contributed by atoms with Crippen LogP contribution in [-0.4, -0.2) is 166 Å². The van der Waals surface area contributed by atoms with Crippen molar-refractivity contribution < 1.29 is 75.9 Å². The van der Waals surface area contributed by atoms with Crippen LogP contribution in [0.5, 0.6) is 0 Å². The Hall–Kier alpha value is -1.54. The van der Waals surface area contributed by atoms with E-state index in [0.29, 0.717) is 37.5 Å². The number of carbonyl (C=O) groups excluding carboxylic acids is 2. The average molecular weight is 857 g/mol. The van der Waals surface area contributed by atoms with E-state index in [2.05, 4.69) is 13.8 Å². The van der Waals surface area contributed by atoms with Gasteiger partial charge in [0.25, 0.3) is 0 Å². The largest absolute Gasteiger partial charge is 0.462 e. The standard InChI is InChI=1S/C44H72O16/c1-21-11-27(21)33-15-25-13-29(59-43-41(51-9)39(49-7)35(47-5)19-53-43)23(3)32(55-25)18-38(46)58-34(28-12-22(28)2)16-26-14-30(24(4)31(56-26)17-37(45)57-33)60-44-42(52-10)40(50-8)36(48-6)20-54-44/h21-36,39-44H,11-20H2,1-10H3.